The highest BCUT2D eigenvalue weighted by Crippen LogP contribution is 2.15. The summed E-state index contributed by atoms with van der Waals surface area (Å²) in [7, 11) is 0. The van der Waals surface area contributed by atoms with Gasteiger partial charge in [0.25, 0.3) is 0 Å². The van der Waals surface area contributed by atoms with E-state index in [2.05, 4.69) is 15.4 Å². The lowest BCUT2D eigenvalue weighted by molar-refractivity contribution is -0.122. The van der Waals surface area contributed by atoms with Crippen molar-refractivity contribution < 1.29 is 9.53 Å². The van der Waals surface area contributed by atoms with Crippen LogP contribution in [-0.2, 0) is 16.1 Å². The fourth-order valence-electron chi connectivity index (χ4n) is 1.98. The highest BCUT2D eigenvalue weighted by Gasteiger charge is 2.23. The third kappa shape index (κ3) is 3.52. The topological polar surface area (TPSA) is 69.0 Å². The van der Waals surface area contributed by atoms with Crippen LogP contribution in [0.1, 0.15) is 26.2 Å². The van der Waals surface area contributed by atoms with E-state index < -0.39 is 0 Å². The van der Waals surface area contributed by atoms with Crippen LogP contribution in [0.4, 0.5) is 0 Å². The highest BCUT2D eigenvalue weighted by atomic mass is 16.5. The number of nitrogens with one attached hydrogen (secondary N) is 1. The first kappa shape index (κ1) is 12.0. The number of aromatic nitrogens is 3. The monoisotopic (exact) mass is 238 g/mol. The van der Waals surface area contributed by atoms with Crippen LogP contribution < -0.4 is 5.32 Å². The van der Waals surface area contributed by atoms with Gasteiger partial charge in [-0.25, -0.2) is 4.98 Å². The van der Waals surface area contributed by atoms with Crippen molar-refractivity contribution in [2.24, 2.45) is 0 Å². The van der Waals surface area contributed by atoms with Crippen molar-refractivity contribution in [1.29, 1.82) is 0 Å². The van der Waals surface area contributed by atoms with Crippen molar-refractivity contribution >= 4 is 5.91 Å². The zero-order valence-electron chi connectivity index (χ0n) is 10.0. The number of amides is 1. The summed E-state index contributed by atoms with van der Waals surface area (Å²) in [5, 5.41) is 6.90. The molecule has 1 amide bonds. The quantitative estimate of drug-likeness (QED) is 0.803. The van der Waals surface area contributed by atoms with E-state index in [4.69, 9.17) is 4.74 Å². The molecule has 94 valence electrons. The maximum Gasteiger partial charge on any atom is 0.222 e. The number of carbonyl (C=O) groups excluding carboxylic acids is 1. The first-order valence-corrected chi connectivity index (χ1v) is 5.99. The van der Waals surface area contributed by atoms with E-state index in [0.717, 1.165) is 19.4 Å². The molecule has 0 saturated carbocycles. The Morgan fingerprint density at radius 1 is 1.71 bits per heavy atom. The first-order chi connectivity index (χ1) is 8.25. The number of aryl methyl sites for hydroxylation is 1. The minimum atomic E-state index is 0.0310. The number of ether oxygens (including phenoxy) is 1. The second-order valence-electron chi connectivity index (χ2n) is 4.32. The minimum absolute atomic E-state index is 0.0310. The van der Waals surface area contributed by atoms with Crippen LogP contribution in [0.5, 0.6) is 0 Å². The van der Waals surface area contributed by atoms with Gasteiger partial charge in [-0.05, 0) is 19.8 Å². The van der Waals surface area contributed by atoms with Gasteiger partial charge in [-0.15, -0.1) is 0 Å². The van der Waals surface area contributed by atoms with E-state index in [-0.39, 0.29) is 18.1 Å². The maximum absolute atomic E-state index is 11.7. The van der Waals surface area contributed by atoms with Gasteiger partial charge in [0, 0.05) is 13.0 Å². The van der Waals surface area contributed by atoms with Crippen LogP contribution in [0.2, 0.25) is 0 Å². The molecular formula is C11H18N4O2. The largest absolute Gasteiger partial charge is 0.376 e. The number of nitrogens with zero attached hydrogens (tertiary/aromatic N) is 3. The van der Waals surface area contributed by atoms with Crippen molar-refractivity contribution in [1.82, 2.24) is 20.1 Å². The van der Waals surface area contributed by atoms with Crippen LogP contribution in [0.3, 0.4) is 0 Å². The van der Waals surface area contributed by atoms with Gasteiger partial charge in [-0.3, -0.25) is 9.48 Å². The predicted molar refractivity (Wildman–Crippen MR) is 61.2 cm³/mol. The van der Waals surface area contributed by atoms with E-state index in [0.29, 0.717) is 13.0 Å². The number of carbonyl (C=O) groups is 1. The van der Waals surface area contributed by atoms with E-state index in [9.17, 15) is 4.79 Å². The van der Waals surface area contributed by atoms with Gasteiger partial charge in [0.15, 0.2) is 0 Å². The molecule has 6 nitrogen and oxygen atoms in total. The molecule has 0 aliphatic carbocycles. The molecule has 1 aromatic heterocycles. The van der Waals surface area contributed by atoms with Crippen LogP contribution in [0, 0.1) is 0 Å². The van der Waals surface area contributed by atoms with E-state index in [1.165, 1.54) is 6.33 Å². The molecule has 1 aromatic rings. The molecule has 1 N–H and O–H groups in total. The summed E-state index contributed by atoms with van der Waals surface area (Å²) >= 11 is 0. The molecule has 6 heteroatoms. The Bertz CT molecular complexity index is 346. The Morgan fingerprint density at radius 3 is 3.24 bits per heavy atom. The summed E-state index contributed by atoms with van der Waals surface area (Å²) in [6, 6.07) is 0.0840. The van der Waals surface area contributed by atoms with Gasteiger partial charge in [-0.1, -0.05) is 0 Å². The Kier molecular flexibility index (Phi) is 4.08. The van der Waals surface area contributed by atoms with Gasteiger partial charge in [0.05, 0.1) is 18.7 Å². The molecule has 17 heavy (non-hydrogen) atoms. The SMILES string of the molecule is C[C@@H](NC(=O)CCn1cncn1)[C@H]1CCCO1. The second kappa shape index (κ2) is 5.77. The smallest absolute Gasteiger partial charge is 0.222 e. The Morgan fingerprint density at radius 2 is 2.59 bits per heavy atom. The molecule has 1 aliphatic rings. The molecule has 0 radical (unpaired) electrons. The van der Waals surface area contributed by atoms with Crippen LogP contribution in [-0.4, -0.2) is 39.4 Å². The lowest BCUT2D eigenvalue weighted by atomic mass is 10.1. The van der Waals surface area contributed by atoms with Crippen molar-refractivity contribution in [2.75, 3.05) is 6.61 Å². The third-order valence-corrected chi connectivity index (χ3v) is 2.95. The molecule has 2 atom stereocenters. The number of hydrogen-bond acceptors (Lipinski definition) is 4. The molecule has 1 fully saturated rings. The van der Waals surface area contributed by atoms with Crippen molar-refractivity contribution in [3.05, 3.63) is 12.7 Å². The fraction of sp³-hybridized carbons (Fsp3) is 0.727. The van der Waals surface area contributed by atoms with Crippen molar-refractivity contribution in [3.8, 4) is 0 Å². The summed E-state index contributed by atoms with van der Waals surface area (Å²) < 4.78 is 7.17. The molecule has 0 aromatic carbocycles. The molecule has 0 unspecified atom stereocenters. The molecule has 2 rings (SSSR count). The average molecular weight is 238 g/mol. The molecule has 0 bridgehead atoms. The van der Waals surface area contributed by atoms with E-state index >= 15 is 0 Å². The third-order valence-electron chi connectivity index (χ3n) is 2.95. The average Bonchev–Trinajstić information content (AvgIpc) is 2.99. The lowest BCUT2D eigenvalue weighted by Crippen LogP contribution is -2.41. The van der Waals surface area contributed by atoms with Gasteiger partial charge < -0.3 is 10.1 Å². The zero-order chi connectivity index (χ0) is 12.1. The summed E-state index contributed by atoms with van der Waals surface area (Å²) in [4.78, 5) is 15.5. The van der Waals surface area contributed by atoms with Crippen molar-refractivity contribution in [3.63, 3.8) is 0 Å². The highest BCUT2D eigenvalue weighted by molar-refractivity contribution is 5.76. The van der Waals surface area contributed by atoms with Gasteiger partial charge in [0.2, 0.25) is 5.91 Å². The number of rotatable bonds is 5. The van der Waals surface area contributed by atoms with Crippen LogP contribution in [0.25, 0.3) is 0 Å². The van der Waals surface area contributed by atoms with Gasteiger partial charge >= 0.3 is 0 Å². The van der Waals surface area contributed by atoms with Crippen LogP contribution in [0.15, 0.2) is 12.7 Å². The molecule has 0 spiro atoms. The lowest BCUT2D eigenvalue weighted by Gasteiger charge is -2.19. The summed E-state index contributed by atoms with van der Waals surface area (Å²) in [6.07, 6.45) is 5.78. The standard InChI is InChI=1S/C11H18N4O2/c1-9(10-3-2-6-17-10)14-11(16)4-5-15-8-12-7-13-15/h7-10H,2-6H2,1H3,(H,14,16)/t9-,10-/m1/s1. The van der Waals surface area contributed by atoms with Gasteiger partial charge in [0.1, 0.15) is 12.7 Å². The predicted octanol–water partition coefficient (Wildman–Crippen LogP) is 0.352. The second-order valence-corrected chi connectivity index (χ2v) is 4.32. The van der Waals surface area contributed by atoms with E-state index in [1.807, 2.05) is 6.92 Å². The molecule has 2 heterocycles. The van der Waals surface area contributed by atoms with Gasteiger partial charge in [-0.2, -0.15) is 5.10 Å². The zero-order valence-corrected chi connectivity index (χ0v) is 10.0. The van der Waals surface area contributed by atoms with E-state index in [1.54, 1.807) is 11.0 Å². The van der Waals surface area contributed by atoms with Crippen LogP contribution >= 0.6 is 0 Å². The first-order valence-electron chi connectivity index (χ1n) is 5.99. The minimum Gasteiger partial charge on any atom is -0.376 e. The Hall–Kier alpha value is -1.43. The molecule has 1 aliphatic heterocycles. The fourth-order valence-corrected chi connectivity index (χ4v) is 1.98. The summed E-state index contributed by atoms with van der Waals surface area (Å²) in [5.74, 6) is 0.0310. The number of hydrogen-bond donors (Lipinski definition) is 1. The molecular weight excluding hydrogens is 220 g/mol. The maximum atomic E-state index is 11.7. The molecule has 1 saturated heterocycles. The summed E-state index contributed by atoms with van der Waals surface area (Å²) in [5.41, 5.74) is 0. The normalized spacial score (nSPS) is 21.4. The Labute approximate surface area is 100 Å². The van der Waals surface area contributed by atoms with Crippen molar-refractivity contribution in [2.45, 2.75) is 44.9 Å². The Balaban J connectivity index is 1.69. The summed E-state index contributed by atoms with van der Waals surface area (Å²) in [6.45, 7) is 3.36.